The average molecular weight is 289 g/mol. The van der Waals surface area contributed by atoms with Crippen LogP contribution in [0.25, 0.3) is 0 Å². The molecule has 0 spiro atoms. The number of aromatic amines is 1. The lowest BCUT2D eigenvalue weighted by Crippen LogP contribution is -2.19. The van der Waals surface area contributed by atoms with Gasteiger partial charge >= 0.3 is 5.97 Å². The summed E-state index contributed by atoms with van der Waals surface area (Å²) in [6.07, 6.45) is 0. The molecular formula is C13H11N3O5. The van der Waals surface area contributed by atoms with Crippen molar-refractivity contribution in [3.63, 3.8) is 0 Å². The Kier molecular flexibility index (Phi) is 3.98. The first-order valence-corrected chi connectivity index (χ1v) is 5.79. The fourth-order valence-electron chi connectivity index (χ4n) is 1.59. The number of rotatable bonds is 4. The predicted octanol–water partition coefficient (Wildman–Crippen LogP) is 0.729. The number of amides is 1. The molecule has 21 heavy (non-hydrogen) atoms. The minimum absolute atomic E-state index is 0.0400. The van der Waals surface area contributed by atoms with E-state index in [1.165, 1.54) is 31.4 Å². The maximum Gasteiger partial charge on any atom is 0.337 e. The van der Waals surface area contributed by atoms with Crippen LogP contribution in [0.5, 0.6) is 5.75 Å². The van der Waals surface area contributed by atoms with Crippen LogP contribution >= 0.6 is 0 Å². The number of carboxylic acid groups (broad SMARTS) is 1. The van der Waals surface area contributed by atoms with Crippen molar-refractivity contribution in [1.29, 1.82) is 0 Å². The van der Waals surface area contributed by atoms with Crippen molar-refractivity contribution in [2.24, 2.45) is 0 Å². The Bertz CT molecular complexity index is 733. The molecule has 0 atom stereocenters. The summed E-state index contributed by atoms with van der Waals surface area (Å²) in [4.78, 5) is 34.0. The number of carbonyl (C=O) groups is 2. The summed E-state index contributed by atoms with van der Waals surface area (Å²) < 4.78 is 4.93. The van der Waals surface area contributed by atoms with Crippen molar-refractivity contribution >= 4 is 17.6 Å². The zero-order valence-corrected chi connectivity index (χ0v) is 10.9. The van der Waals surface area contributed by atoms with E-state index in [9.17, 15) is 14.4 Å². The quantitative estimate of drug-likeness (QED) is 0.762. The highest BCUT2D eigenvalue weighted by Gasteiger charge is 2.15. The number of benzene rings is 1. The zero-order valence-electron chi connectivity index (χ0n) is 10.9. The van der Waals surface area contributed by atoms with Gasteiger partial charge in [0.25, 0.3) is 11.5 Å². The number of methoxy groups -OCH3 is 1. The van der Waals surface area contributed by atoms with E-state index in [0.717, 1.165) is 6.07 Å². The van der Waals surface area contributed by atoms with E-state index in [2.05, 4.69) is 15.5 Å². The fourth-order valence-corrected chi connectivity index (χ4v) is 1.59. The Hall–Kier alpha value is -3.16. The summed E-state index contributed by atoms with van der Waals surface area (Å²) in [5.74, 6) is -1.50. The summed E-state index contributed by atoms with van der Waals surface area (Å²) in [6, 6.07) is 6.60. The fraction of sp³-hybridized carbons (Fsp3) is 0.0769. The molecule has 1 aromatic heterocycles. The number of nitrogens with one attached hydrogen (secondary N) is 2. The van der Waals surface area contributed by atoms with E-state index in [4.69, 9.17) is 9.84 Å². The number of hydrogen-bond acceptors (Lipinski definition) is 5. The van der Waals surface area contributed by atoms with E-state index in [-0.39, 0.29) is 16.9 Å². The number of hydrogen-bond donors (Lipinski definition) is 3. The number of carboxylic acids is 1. The molecule has 0 aliphatic carbocycles. The van der Waals surface area contributed by atoms with Crippen molar-refractivity contribution in [3.05, 3.63) is 51.9 Å². The Morgan fingerprint density at radius 3 is 2.62 bits per heavy atom. The van der Waals surface area contributed by atoms with Gasteiger partial charge in [-0.05, 0) is 24.3 Å². The molecule has 0 fully saturated rings. The van der Waals surface area contributed by atoms with Gasteiger partial charge in [-0.2, -0.15) is 5.10 Å². The van der Waals surface area contributed by atoms with Gasteiger partial charge in [0.05, 0.1) is 18.4 Å². The molecule has 3 N–H and O–H groups in total. The second kappa shape index (κ2) is 5.87. The highest BCUT2D eigenvalue weighted by atomic mass is 16.5. The van der Waals surface area contributed by atoms with E-state index in [1.807, 2.05) is 0 Å². The molecule has 0 unspecified atom stereocenters. The summed E-state index contributed by atoms with van der Waals surface area (Å²) >= 11 is 0. The Morgan fingerprint density at radius 1 is 1.29 bits per heavy atom. The lowest BCUT2D eigenvalue weighted by molar-refractivity contribution is 0.0697. The van der Waals surface area contributed by atoms with Gasteiger partial charge in [0.15, 0.2) is 0 Å². The van der Waals surface area contributed by atoms with Gasteiger partial charge < -0.3 is 15.2 Å². The van der Waals surface area contributed by atoms with E-state index >= 15 is 0 Å². The number of aromatic carboxylic acids is 1. The molecule has 1 heterocycles. The molecule has 2 aromatic rings. The number of aromatic nitrogens is 2. The van der Waals surface area contributed by atoms with Gasteiger partial charge in [-0.25, -0.2) is 9.89 Å². The van der Waals surface area contributed by atoms with Crippen LogP contribution in [-0.4, -0.2) is 34.3 Å². The molecule has 0 radical (unpaired) electrons. The van der Waals surface area contributed by atoms with Gasteiger partial charge in [-0.1, -0.05) is 0 Å². The van der Waals surface area contributed by atoms with E-state index in [1.54, 1.807) is 0 Å². The lowest BCUT2D eigenvalue weighted by atomic mass is 10.1. The van der Waals surface area contributed by atoms with Gasteiger partial charge in [0.2, 0.25) is 0 Å². The van der Waals surface area contributed by atoms with Gasteiger partial charge in [0, 0.05) is 6.07 Å². The molecule has 0 bridgehead atoms. The highest BCUT2D eigenvalue weighted by molar-refractivity contribution is 6.06. The summed E-state index contributed by atoms with van der Waals surface area (Å²) in [5.41, 5.74) is -0.502. The largest absolute Gasteiger partial charge is 0.497 e. The molecule has 8 nitrogen and oxygen atoms in total. The Balaban J connectivity index is 2.30. The monoisotopic (exact) mass is 289 g/mol. The maximum absolute atomic E-state index is 11.9. The van der Waals surface area contributed by atoms with Crippen molar-refractivity contribution < 1.29 is 19.4 Å². The van der Waals surface area contributed by atoms with Crippen LogP contribution in [0.4, 0.5) is 5.69 Å². The summed E-state index contributed by atoms with van der Waals surface area (Å²) in [7, 11) is 1.41. The van der Waals surface area contributed by atoms with E-state index in [0.29, 0.717) is 5.75 Å². The van der Waals surface area contributed by atoms with Crippen molar-refractivity contribution in [2.45, 2.75) is 0 Å². The molecule has 0 aliphatic heterocycles. The number of nitrogens with zero attached hydrogens (tertiary/aromatic N) is 1. The molecule has 0 saturated carbocycles. The van der Waals surface area contributed by atoms with Crippen molar-refractivity contribution in [1.82, 2.24) is 10.2 Å². The van der Waals surface area contributed by atoms with Gasteiger partial charge in [-0.15, -0.1) is 0 Å². The standard InChI is InChI=1S/C13H11N3O5/c1-21-7-2-3-9(8(6-7)13(19)20)14-12(18)10-4-5-11(17)16-15-10/h2-6H,1H3,(H,14,18)(H,16,17)(H,19,20). The second-order valence-electron chi connectivity index (χ2n) is 3.98. The van der Waals surface area contributed by atoms with Crippen molar-refractivity contribution in [3.8, 4) is 5.75 Å². The number of carbonyl (C=O) groups excluding carboxylic acids is 1. The van der Waals surface area contributed by atoms with Crippen LogP contribution in [0.1, 0.15) is 20.8 Å². The second-order valence-corrected chi connectivity index (χ2v) is 3.98. The van der Waals surface area contributed by atoms with Crippen LogP contribution in [0.2, 0.25) is 0 Å². The highest BCUT2D eigenvalue weighted by Crippen LogP contribution is 2.22. The smallest absolute Gasteiger partial charge is 0.337 e. The van der Waals surface area contributed by atoms with Gasteiger partial charge in [0.1, 0.15) is 11.4 Å². The normalized spacial score (nSPS) is 9.95. The Morgan fingerprint density at radius 2 is 2.05 bits per heavy atom. The third-order valence-electron chi connectivity index (χ3n) is 2.62. The first-order chi connectivity index (χ1) is 10.0. The van der Waals surface area contributed by atoms with Gasteiger partial charge in [-0.3, -0.25) is 9.59 Å². The molecule has 0 saturated heterocycles. The molecule has 8 heteroatoms. The molecular weight excluding hydrogens is 278 g/mol. The first kappa shape index (κ1) is 14.3. The molecule has 2 rings (SSSR count). The topological polar surface area (TPSA) is 121 Å². The summed E-state index contributed by atoms with van der Waals surface area (Å²) in [5, 5.41) is 17.2. The third-order valence-corrected chi connectivity index (χ3v) is 2.62. The van der Waals surface area contributed by atoms with Crippen LogP contribution in [0, 0.1) is 0 Å². The SMILES string of the molecule is COc1ccc(NC(=O)c2ccc(=O)[nH]n2)c(C(=O)O)c1. The molecule has 1 aromatic carbocycles. The van der Waals surface area contributed by atoms with Crippen LogP contribution in [-0.2, 0) is 0 Å². The molecule has 108 valence electrons. The number of ether oxygens (including phenoxy) is 1. The predicted molar refractivity (Wildman–Crippen MR) is 72.8 cm³/mol. The van der Waals surface area contributed by atoms with E-state index < -0.39 is 17.4 Å². The minimum atomic E-state index is -1.21. The summed E-state index contributed by atoms with van der Waals surface area (Å²) in [6.45, 7) is 0. The number of H-pyrrole nitrogens is 1. The van der Waals surface area contributed by atoms with Crippen LogP contribution in [0.15, 0.2) is 35.1 Å². The first-order valence-electron chi connectivity index (χ1n) is 5.79. The van der Waals surface area contributed by atoms with Crippen LogP contribution in [0.3, 0.4) is 0 Å². The minimum Gasteiger partial charge on any atom is -0.497 e. The van der Waals surface area contributed by atoms with Crippen LogP contribution < -0.4 is 15.6 Å². The third kappa shape index (κ3) is 3.24. The Labute approximate surface area is 118 Å². The molecule has 0 aliphatic rings. The average Bonchev–Trinajstić information content (AvgIpc) is 2.48. The lowest BCUT2D eigenvalue weighted by Gasteiger charge is -2.09. The maximum atomic E-state index is 11.9. The van der Waals surface area contributed by atoms with Crippen molar-refractivity contribution in [2.75, 3.05) is 12.4 Å². The molecule has 1 amide bonds. The zero-order chi connectivity index (χ0) is 15.4. The number of anilines is 1.